The lowest BCUT2D eigenvalue weighted by Gasteiger charge is -2.08. The molecule has 0 spiro atoms. The Morgan fingerprint density at radius 3 is 2.80 bits per heavy atom. The molecule has 6 nitrogen and oxygen atoms in total. The number of nitrogens with one attached hydrogen (secondary N) is 1. The van der Waals surface area contributed by atoms with Crippen LogP contribution in [0, 0.1) is 6.92 Å². The first kappa shape index (κ1) is 13.9. The van der Waals surface area contributed by atoms with Crippen LogP contribution < -0.4 is 15.8 Å². The number of hydrogen-bond donors (Lipinski definition) is 2. The molecule has 0 unspecified atom stereocenters. The van der Waals surface area contributed by atoms with Crippen LogP contribution in [0.4, 0.5) is 11.4 Å². The van der Waals surface area contributed by atoms with E-state index in [1.165, 1.54) is 0 Å². The molecule has 2 rings (SSSR count). The van der Waals surface area contributed by atoms with Crippen molar-refractivity contribution in [3.05, 3.63) is 35.7 Å². The van der Waals surface area contributed by atoms with Gasteiger partial charge >= 0.3 is 0 Å². The van der Waals surface area contributed by atoms with Crippen LogP contribution in [0.25, 0.3) is 0 Å². The molecular formula is C14H18N4O2. The Kier molecular flexibility index (Phi) is 3.93. The van der Waals surface area contributed by atoms with Crippen LogP contribution >= 0.6 is 0 Å². The van der Waals surface area contributed by atoms with E-state index in [0.717, 1.165) is 5.69 Å². The zero-order valence-corrected chi connectivity index (χ0v) is 11.8. The van der Waals surface area contributed by atoms with Crippen molar-refractivity contribution in [3.63, 3.8) is 0 Å². The molecule has 0 atom stereocenters. The third-order valence-electron chi connectivity index (χ3n) is 2.76. The third kappa shape index (κ3) is 3.09. The molecule has 0 saturated carbocycles. The van der Waals surface area contributed by atoms with Crippen LogP contribution in [0.15, 0.2) is 24.4 Å². The van der Waals surface area contributed by atoms with Gasteiger partial charge < -0.3 is 15.8 Å². The van der Waals surface area contributed by atoms with Crippen molar-refractivity contribution in [2.75, 3.05) is 17.7 Å². The molecule has 0 aliphatic heterocycles. The van der Waals surface area contributed by atoms with Gasteiger partial charge in [0, 0.05) is 30.6 Å². The van der Waals surface area contributed by atoms with Gasteiger partial charge in [0.25, 0.3) is 5.91 Å². The standard InChI is InChI=1S/C14H18N4O2/c1-4-20-12-6-10(5-11(15)7-12)14(19)16-13-8-18(3)17-9(13)2/h5-8H,4,15H2,1-3H3,(H,16,19). The first-order chi connectivity index (χ1) is 9.49. The second-order valence-corrected chi connectivity index (χ2v) is 4.48. The number of amides is 1. The van der Waals surface area contributed by atoms with Gasteiger partial charge in [-0.1, -0.05) is 0 Å². The quantitative estimate of drug-likeness (QED) is 0.835. The van der Waals surface area contributed by atoms with E-state index in [9.17, 15) is 4.79 Å². The molecule has 6 heteroatoms. The number of anilines is 2. The topological polar surface area (TPSA) is 82.2 Å². The molecule has 0 aliphatic rings. The van der Waals surface area contributed by atoms with Crippen LogP contribution in [0.5, 0.6) is 5.75 Å². The van der Waals surface area contributed by atoms with Gasteiger partial charge in [-0.2, -0.15) is 5.10 Å². The number of benzene rings is 1. The molecule has 20 heavy (non-hydrogen) atoms. The maximum absolute atomic E-state index is 12.2. The predicted octanol–water partition coefficient (Wildman–Crippen LogP) is 1.96. The van der Waals surface area contributed by atoms with Gasteiger partial charge in [0.2, 0.25) is 0 Å². The summed E-state index contributed by atoms with van der Waals surface area (Å²) in [5, 5.41) is 6.99. The number of hydrogen-bond acceptors (Lipinski definition) is 4. The van der Waals surface area contributed by atoms with Gasteiger partial charge in [-0.05, 0) is 26.0 Å². The lowest BCUT2D eigenvalue weighted by Crippen LogP contribution is -2.13. The number of ether oxygens (including phenoxy) is 1. The maximum Gasteiger partial charge on any atom is 0.255 e. The molecule has 3 N–H and O–H groups in total. The van der Waals surface area contributed by atoms with Crippen molar-refractivity contribution < 1.29 is 9.53 Å². The van der Waals surface area contributed by atoms with Gasteiger partial charge in [0.1, 0.15) is 5.75 Å². The first-order valence-corrected chi connectivity index (χ1v) is 6.34. The Morgan fingerprint density at radius 2 is 2.20 bits per heavy atom. The molecular weight excluding hydrogens is 256 g/mol. The van der Waals surface area contributed by atoms with Gasteiger partial charge in [-0.3, -0.25) is 9.48 Å². The fraction of sp³-hybridized carbons (Fsp3) is 0.286. The molecule has 0 fully saturated rings. The molecule has 106 valence electrons. The summed E-state index contributed by atoms with van der Waals surface area (Å²) in [6, 6.07) is 4.97. The van der Waals surface area contributed by atoms with Gasteiger partial charge in [-0.25, -0.2) is 0 Å². The number of nitrogens with two attached hydrogens (primary N) is 1. The second kappa shape index (κ2) is 5.64. The summed E-state index contributed by atoms with van der Waals surface area (Å²) in [5.74, 6) is 0.343. The van der Waals surface area contributed by atoms with Crippen molar-refractivity contribution in [2.45, 2.75) is 13.8 Å². The Labute approximate surface area is 117 Å². The SMILES string of the molecule is CCOc1cc(N)cc(C(=O)Nc2cn(C)nc2C)c1. The lowest BCUT2D eigenvalue weighted by molar-refractivity contribution is 0.102. The van der Waals surface area contributed by atoms with Crippen LogP contribution in [-0.2, 0) is 7.05 Å². The van der Waals surface area contributed by atoms with Crippen molar-refractivity contribution in [2.24, 2.45) is 7.05 Å². The zero-order valence-electron chi connectivity index (χ0n) is 11.8. The normalized spacial score (nSPS) is 10.3. The molecule has 0 aliphatic carbocycles. The number of aromatic nitrogens is 2. The summed E-state index contributed by atoms with van der Waals surface area (Å²) in [6.45, 7) is 4.23. The summed E-state index contributed by atoms with van der Waals surface area (Å²) in [7, 11) is 1.80. The van der Waals surface area contributed by atoms with Crippen LogP contribution in [0.3, 0.4) is 0 Å². The highest BCUT2D eigenvalue weighted by molar-refractivity contribution is 6.05. The fourth-order valence-electron chi connectivity index (χ4n) is 1.92. The average molecular weight is 274 g/mol. The third-order valence-corrected chi connectivity index (χ3v) is 2.76. The van der Waals surface area contributed by atoms with E-state index in [4.69, 9.17) is 10.5 Å². The van der Waals surface area contributed by atoms with Crippen LogP contribution in [0.1, 0.15) is 23.0 Å². The zero-order chi connectivity index (χ0) is 14.7. The Morgan fingerprint density at radius 1 is 1.45 bits per heavy atom. The van der Waals surface area contributed by atoms with E-state index < -0.39 is 0 Å². The minimum Gasteiger partial charge on any atom is -0.494 e. The van der Waals surface area contributed by atoms with Gasteiger partial charge in [-0.15, -0.1) is 0 Å². The molecule has 1 heterocycles. The van der Waals surface area contributed by atoms with Crippen molar-refractivity contribution in [1.82, 2.24) is 9.78 Å². The largest absolute Gasteiger partial charge is 0.494 e. The summed E-state index contributed by atoms with van der Waals surface area (Å²) in [4.78, 5) is 12.2. The highest BCUT2D eigenvalue weighted by Gasteiger charge is 2.12. The maximum atomic E-state index is 12.2. The molecule has 0 radical (unpaired) electrons. The van der Waals surface area contributed by atoms with E-state index >= 15 is 0 Å². The highest BCUT2D eigenvalue weighted by Crippen LogP contribution is 2.20. The number of aryl methyl sites for hydroxylation is 2. The summed E-state index contributed by atoms with van der Waals surface area (Å²) in [6.07, 6.45) is 1.75. The fourth-order valence-corrected chi connectivity index (χ4v) is 1.92. The summed E-state index contributed by atoms with van der Waals surface area (Å²) < 4.78 is 7.03. The number of rotatable bonds is 4. The second-order valence-electron chi connectivity index (χ2n) is 4.48. The van der Waals surface area contributed by atoms with E-state index in [-0.39, 0.29) is 5.91 Å². The smallest absolute Gasteiger partial charge is 0.255 e. The molecule has 2 aromatic rings. The molecule has 1 aromatic carbocycles. The number of nitrogen functional groups attached to an aromatic ring is 1. The minimum absolute atomic E-state index is 0.241. The number of nitrogens with zero attached hydrogens (tertiary/aromatic N) is 2. The monoisotopic (exact) mass is 274 g/mol. The van der Waals surface area contributed by atoms with E-state index in [0.29, 0.717) is 29.3 Å². The van der Waals surface area contributed by atoms with Gasteiger partial charge in [0.05, 0.1) is 18.0 Å². The minimum atomic E-state index is -0.241. The summed E-state index contributed by atoms with van der Waals surface area (Å²) >= 11 is 0. The number of carbonyl (C=O) groups is 1. The molecule has 1 aromatic heterocycles. The Hall–Kier alpha value is -2.50. The van der Waals surface area contributed by atoms with Crippen LogP contribution in [0.2, 0.25) is 0 Å². The van der Waals surface area contributed by atoms with Crippen molar-refractivity contribution >= 4 is 17.3 Å². The lowest BCUT2D eigenvalue weighted by atomic mass is 10.1. The Bertz CT molecular complexity index is 634. The molecule has 0 bridgehead atoms. The predicted molar refractivity (Wildman–Crippen MR) is 77.9 cm³/mol. The number of carbonyl (C=O) groups excluding carboxylic acids is 1. The van der Waals surface area contributed by atoms with Gasteiger partial charge in [0.15, 0.2) is 0 Å². The highest BCUT2D eigenvalue weighted by atomic mass is 16.5. The van der Waals surface area contributed by atoms with E-state index in [1.807, 2.05) is 13.8 Å². The van der Waals surface area contributed by atoms with E-state index in [2.05, 4.69) is 10.4 Å². The van der Waals surface area contributed by atoms with Crippen molar-refractivity contribution in [3.8, 4) is 5.75 Å². The summed E-state index contributed by atoms with van der Waals surface area (Å²) in [5.41, 5.74) is 8.16. The molecule has 0 saturated heterocycles. The first-order valence-electron chi connectivity index (χ1n) is 6.34. The average Bonchev–Trinajstić information content (AvgIpc) is 2.67. The van der Waals surface area contributed by atoms with Crippen molar-refractivity contribution in [1.29, 1.82) is 0 Å². The van der Waals surface area contributed by atoms with E-state index in [1.54, 1.807) is 36.1 Å². The Balaban J connectivity index is 2.22. The van der Waals surface area contributed by atoms with Crippen LogP contribution in [-0.4, -0.2) is 22.3 Å². The molecule has 1 amide bonds.